The second-order valence-electron chi connectivity index (χ2n) is 5.05. The fourth-order valence-corrected chi connectivity index (χ4v) is 3.03. The number of hydrogen-bond donors (Lipinski definition) is 1. The molecule has 0 aromatic heterocycles. The molecule has 2 nitrogen and oxygen atoms in total. The van der Waals surface area contributed by atoms with Crippen molar-refractivity contribution >= 4 is 22.6 Å². The highest BCUT2D eigenvalue weighted by Crippen LogP contribution is 2.22. The fourth-order valence-electron chi connectivity index (χ4n) is 2.46. The maximum absolute atomic E-state index is 5.20. The van der Waals surface area contributed by atoms with Crippen molar-refractivity contribution < 1.29 is 4.74 Å². The van der Waals surface area contributed by atoms with Crippen molar-refractivity contribution in [3.05, 3.63) is 63.2 Å². The van der Waals surface area contributed by atoms with Crippen molar-refractivity contribution in [3.8, 4) is 5.75 Å². The van der Waals surface area contributed by atoms with E-state index in [1.165, 1.54) is 14.7 Å². The Hall–Kier alpha value is -1.07. The summed E-state index contributed by atoms with van der Waals surface area (Å²) in [5.74, 6) is 0.916. The molecule has 3 heteroatoms. The smallest absolute Gasteiger partial charge is 0.118 e. The minimum Gasteiger partial charge on any atom is -0.497 e. The van der Waals surface area contributed by atoms with E-state index in [4.69, 9.17) is 4.74 Å². The summed E-state index contributed by atoms with van der Waals surface area (Å²) in [5.41, 5.74) is 2.72. The molecule has 0 radical (unpaired) electrons. The van der Waals surface area contributed by atoms with Gasteiger partial charge >= 0.3 is 0 Å². The number of nitrogens with one attached hydrogen (secondary N) is 1. The van der Waals surface area contributed by atoms with E-state index in [0.29, 0.717) is 6.04 Å². The van der Waals surface area contributed by atoms with Gasteiger partial charge in [0.15, 0.2) is 0 Å². The molecule has 112 valence electrons. The summed E-state index contributed by atoms with van der Waals surface area (Å²) in [7, 11) is 1.70. The minimum absolute atomic E-state index is 0.409. The Morgan fingerprint density at radius 3 is 2.52 bits per heavy atom. The minimum atomic E-state index is 0.409. The van der Waals surface area contributed by atoms with Gasteiger partial charge in [0.05, 0.1) is 7.11 Å². The summed E-state index contributed by atoms with van der Waals surface area (Å²) in [6.45, 7) is 3.15. The van der Waals surface area contributed by atoms with Gasteiger partial charge in [-0.15, -0.1) is 0 Å². The Bertz CT molecular complexity index is 553. The highest BCUT2D eigenvalue weighted by atomic mass is 127. The maximum Gasteiger partial charge on any atom is 0.118 e. The van der Waals surface area contributed by atoms with Gasteiger partial charge in [-0.1, -0.05) is 31.2 Å². The summed E-state index contributed by atoms with van der Waals surface area (Å²) in [6.07, 6.45) is 2.16. The van der Waals surface area contributed by atoms with Gasteiger partial charge in [-0.25, -0.2) is 0 Å². The summed E-state index contributed by atoms with van der Waals surface area (Å²) in [5, 5.41) is 3.59. The molecule has 0 aliphatic heterocycles. The SMILES string of the molecule is CCNC(CCc1ccc(OC)cc1)c1cccc(I)c1. The lowest BCUT2D eigenvalue weighted by atomic mass is 9.99. The number of rotatable bonds is 7. The van der Waals surface area contributed by atoms with E-state index in [1.807, 2.05) is 12.1 Å². The van der Waals surface area contributed by atoms with E-state index in [9.17, 15) is 0 Å². The van der Waals surface area contributed by atoms with E-state index in [-0.39, 0.29) is 0 Å². The molecule has 0 saturated heterocycles. The van der Waals surface area contributed by atoms with Crippen LogP contribution < -0.4 is 10.1 Å². The van der Waals surface area contributed by atoms with Crippen LogP contribution in [0.1, 0.15) is 30.5 Å². The predicted octanol–water partition coefficient (Wildman–Crippen LogP) is 4.58. The van der Waals surface area contributed by atoms with Gasteiger partial charge in [0, 0.05) is 9.61 Å². The normalized spacial score (nSPS) is 12.1. The van der Waals surface area contributed by atoms with Gasteiger partial charge in [-0.05, 0) is 77.4 Å². The van der Waals surface area contributed by atoms with Crippen molar-refractivity contribution in [3.63, 3.8) is 0 Å². The standard InChI is InChI=1S/C18H22INO/c1-3-20-18(15-5-4-6-16(19)13-15)12-9-14-7-10-17(21-2)11-8-14/h4-8,10-11,13,18,20H,3,9,12H2,1-2H3. The first kappa shape index (κ1) is 16.3. The lowest BCUT2D eigenvalue weighted by molar-refractivity contribution is 0.414. The van der Waals surface area contributed by atoms with Gasteiger partial charge in [0.25, 0.3) is 0 Å². The lowest BCUT2D eigenvalue weighted by Crippen LogP contribution is -2.21. The number of ether oxygens (including phenoxy) is 1. The molecule has 0 saturated carbocycles. The highest BCUT2D eigenvalue weighted by molar-refractivity contribution is 14.1. The van der Waals surface area contributed by atoms with Crippen LogP contribution in [0, 0.1) is 3.57 Å². The molecule has 0 fully saturated rings. The first-order chi connectivity index (χ1) is 10.2. The van der Waals surface area contributed by atoms with E-state index in [0.717, 1.165) is 25.1 Å². The van der Waals surface area contributed by atoms with Crippen LogP contribution in [-0.4, -0.2) is 13.7 Å². The van der Waals surface area contributed by atoms with Gasteiger partial charge in [-0.2, -0.15) is 0 Å². The molecule has 0 aliphatic rings. The Morgan fingerprint density at radius 2 is 1.90 bits per heavy atom. The largest absolute Gasteiger partial charge is 0.497 e. The molecular weight excluding hydrogens is 373 g/mol. The van der Waals surface area contributed by atoms with Crippen LogP contribution >= 0.6 is 22.6 Å². The molecule has 0 amide bonds. The summed E-state index contributed by atoms with van der Waals surface area (Å²) >= 11 is 2.37. The second kappa shape index (κ2) is 8.39. The average Bonchev–Trinajstić information content (AvgIpc) is 2.52. The summed E-state index contributed by atoms with van der Waals surface area (Å²) in [4.78, 5) is 0. The Labute approximate surface area is 141 Å². The van der Waals surface area contributed by atoms with Crippen molar-refractivity contribution in [2.75, 3.05) is 13.7 Å². The van der Waals surface area contributed by atoms with Crippen LogP contribution in [0.2, 0.25) is 0 Å². The van der Waals surface area contributed by atoms with Gasteiger partial charge < -0.3 is 10.1 Å². The fraction of sp³-hybridized carbons (Fsp3) is 0.333. The highest BCUT2D eigenvalue weighted by Gasteiger charge is 2.10. The van der Waals surface area contributed by atoms with E-state index >= 15 is 0 Å². The van der Waals surface area contributed by atoms with Crippen LogP contribution in [0.5, 0.6) is 5.75 Å². The quantitative estimate of drug-likeness (QED) is 0.693. The molecule has 2 aromatic carbocycles. The third-order valence-corrected chi connectivity index (χ3v) is 4.25. The molecule has 1 unspecified atom stereocenters. The van der Waals surface area contributed by atoms with Crippen molar-refractivity contribution in [1.82, 2.24) is 5.32 Å². The number of aryl methyl sites for hydroxylation is 1. The van der Waals surface area contributed by atoms with Crippen molar-refractivity contribution in [2.24, 2.45) is 0 Å². The summed E-state index contributed by atoms with van der Waals surface area (Å²) in [6, 6.07) is 17.5. The molecule has 2 aromatic rings. The third-order valence-electron chi connectivity index (χ3n) is 3.58. The van der Waals surface area contributed by atoms with Crippen LogP contribution in [0.25, 0.3) is 0 Å². The Morgan fingerprint density at radius 1 is 1.14 bits per heavy atom. The first-order valence-electron chi connectivity index (χ1n) is 7.34. The number of halogens is 1. The van der Waals surface area contributed by atoms with Crippen LogP contribution in [0.3, 0.4) is 0 Å². The number of hydrogen-bond acceptors (Lipinski definition) is 2. The second-order valence-corrected chi connectivity index (χ2v) is 6.30. The zero-order chi connectivity index (χ0) is 15.1. The number of benzene rings is 2. The van der Waals surface area contributed by atoms with E-state index in [2.05, 4.69) is 71.2 Å². The number of methoxy groups -OCH3 is 1. The maximum atomic E-state index is 5.20. The third kappa shape index (κ3) is 5.00. The van der Waals surface area contributed by atoms with Crippen molar-refractivity contribution in [1.29, 1.82) is 0 Å². The lowest BCUT2D eigenvalue weighted by Gasteiger charge is -2.19. The van der Waals surface area contributed by atoms with Gasteiger partial charge in [0.2, 0.25) is 0 Å². The van der Waals surface area contributed by atoms with Crippen LogP contribution in [0.15, 0.2) is 48.5 Å². The topological polar surface area (TPSA) is 21.3 Å². The molecule has 2 rings (SSSR count). The first-order valence-corrected chi connectivity index (χ1v) is 8.42. The predicted molar refractivity (Wildman–Crippen MR) is 96.9 cm³/mol. The molecule has 0 bridgehead atoms. The Kier molecular flexibility index (Phi) is 6.51. The van der Waals surface area contributed by atoms with Gasteiger partial charge in [-0.3, -0.25) is 0 Å². The monoisotopic (exact) mass is 395 g/mol. The zero-order valence-corrected chi connectivity index (χ0v) is 14.8. The van der Waals surface area contributed by atoms with Crippen LogP contribution in [-0.2, 0) is 6.42 Å². The molecule has 0 spiro atoms. The Balaban J connectivity index is 2.02. The molecule has 1 N–H and O–H groups in total. The molecular formula is C18H22INO. The molecule has 0 aliphatic carbocycles. The molecule has 0 heterocycles. The van der Waals surface area contributed by atoms with Crippen LogP contribution in [0.4, 0.5) is 0 Å². The summed E-state index contributed by atoms with van der Waals surface area (Å²) < 4.78 is 6.49. The zero-order valence-electron chi connectivity index (χ0n) is 12.6. The molecule has 21 heavy (non-hydrogen) atoms. The van der Waals surface area contributed by atoms with E-state index < -0.39 is 0 Å². The van der Waals surface area contributed by atoms with Crippen molar-refractivity contribution in [2.45, 2.75) is 25.8 Å². The van der Waals surface area contributed by atoms with E-state index in [1.54, 1.807) is 7.11 Å². The van der Waals surface area contributed by atoms with Gasteiger partial charge in [0.1, 0.15) is 5.75 Å². The average molecular weight is 395 g/mol. The molecule has 1 atom stereocenters.